The molecule has 168 valence electrons. The lowest BCUT2D eigenvalue weighted by atomic mass is 9.96. The first-order valence-electron chi connectivity index (χ1n) is 9.67. The smallest absolute Gasteiger partial charge is 0.391 e. The summed E-state index contributed by atoms with van der Waals surface area (Å²) in [6.07, 6.45) is -4.05. The number of amides is 1. The van der Waals surface area contributed by atoms with Gasteiger partial charge in [0.2, 0.25) is 5.91 Å². The number of hydrogen-bond acceptors (Lipinski definition) is 5. The molecule has 0 heterocycles. The molecule has 0 aliphatic carbocycles. The Morgan fingerprint density at radius 2 is 1.90 bits per heavy atom. The number of hydroxylamine groups is 1. The van der Waals surface area contributed by atoms with Gasteiger partial charge in [0.1, 0.15) is 12.6 Å². The first-order valence-corrected chi connectivity index (χ1v) is 9.67. The largest absolute Gasteiger partial charge is 0.416 e. The Morgan fingerprint density at radius 3 is 2.52 bits per heavy atom. The second-order valence-electron chi connectivity index (χ2n) is 6.76. The van der Waals surface area contributed by atoms with E-state index in [0.29, 0.717) is 23.3 Å². The van der Waals surface area contributed by atoms with Gasteiger partial charge in [0.25, 0.3) is 0 Å². The predicted octanol–water partition coefficient (Wildman–Crippen LogP) is 4.28. The van der Waals surface area contributed by atoms with Crippen LogP contribution in [0.2, 0.25) is 0 Å². The summed E-state index contributed by atoms with van der Waals surface area (Å²) in [5.41, 5.74) is 4.89. The number of oxime groups is 1. The Hall–Kier alpha value is -2.91. The van der Waals surface area contributed by atoms with E-state index in [4.69, 9.17) is 9.68 Å². The van der Waals surface area contributed by atoms with Gasteiger partial charge in [-0.05, 0) is 42.2 Å². The standard InChI is InChI=1S/C22H26F3N3O3/c1-5-19(15-9-7-10-16(12-15)22(23,24)25)27-31-13-18-14(2)8-6-11-17(18)20(28-30-4)21(29)26-3/h6-12,20,28H,5,13H2,1-4H3,(H,26,29)/b27-19+. The van der Waals surface area contributed by atoms with Gasteiger partial charge in [0.15, 0.2) is 0 Å². The Morgan fingerprint density at radius 1 is 1.19 bits per heavy atom. The molecule has 0 spiro atoms. The molecule has 0 fully saturated rings. The van der Waals surface area contributed by atoms with Crippen molar-refractivity contribution in [2.75, 3.05) is 14.2 Å². The number of halogens is 3. The fraction of sp³-hybridized carbons (Fsp3) is 0.364. The molecule has 0 radical (unpaired) electrons. The fourth-order valence-corrected chi connectivity index (χ4v) is 3.08. The van der Waals surface area contributed by atoms with Crippen LogP contribution in [0.3, 0.4) is 0 Å². The molecule has 2 aromatic rings. The van der Waals surface area contributed by atoms with Crippen molar-refractivity contribution in [3.8, 4) is 0 Å². The maximum Gasteiger partial charge on any atom is 0.416 e. The van der Waals surface area contributed by atoms with Crippen LogP contribution in [0.5, 0.6) is 0 Å². The summed E-state index contributed by atoms with van der Waals surface area (Å²) in [6.45, 7) is 3.68. The zero-order chi connectivity index (χ0) is 23.0. The number of carbonyl (C=O) groups excluding carboxylic acids is 1. The summed E-state index contributed by atoms with van der Waals surface area (Å²) in [5, 5.41) is 6.66. The van der Waals surface area contributed by atoms with Gasteiger partial charge in [0, 0.05) is 12.6 Å². The minimum Gasteiger partial charge on any atom is -0.391 e. The first kappa shape index (κ1) is 24.4. The normalized spacial score (nSPS) is 13.1. The van der Waals surface area contributed by atoms with E-state index in [9.17, 15) is 18.0 Å². The lowest BCUT2D eigenvalue weighted by Gasteiger charge is -2.20. The van der Waals surface area contributed by atoms with Gasteiger partial charge < -0.3 is 15.0 Å². The van der Waals surface area contributed by atoms with Crippen molar-refractivity contribution in [1.29, 1.82) is 0 Å². The first-order chi connectivity index (χ1) is 14.7. The van der Waals surface area contributed by atoms with Crippen LogP contribution in [0.4, 0.5) is 13.2 Å². The SMILES string of the molecule is CC/C(=N\OCc1c(C)cccc1C(NOC)C(=O)NC)c1cccc(C(F)(F)F)c1. The minimum absolute atomic E-state index is 0.0311. The summed E-state index contributed by atoms with van der Waals surface area (Å²) in [4.78, 5) is 22.8. The van der Waals surface area contributed by atoms with Gasteiger partial charge >= 0.3 is 6.18 Å². The van der Waals surface area contributed by atoms with E-state index < -0.39 is 17.8 Å². The highest BCUT2D eigenvalue weighted by molar-refractivity contribution is 6.00. The highest BCUT2D eigenvalue weighted by Crippen LogP contribution is 2.30. The molecule has 0 bridgehead atoms. The molecule has 1 unspecified atom stereocenters. The van der Waals surface area contributed by atoms with Crippen molar-refractivity contribution in [2.24, 2.45) is 5.16 Å². The highest BCUT2D eigenvalue weighted by Gasteiger charge is 2.30. The zero-order valence-corrected chi connectivity index (χ0v) is 17.8. The molecule has 9 heteroatoms. The summed E-state index contributed by atoms with van der Waals surface area (Å²) >= 11 is 0. The molecule has 2 rings (SSSR count). The minimum atomic E-state index is -4.44. The Kier molecular flexibility index (Phi) is 8.58. The number of nitrogens with one attached hydrogen (secondary N) is 2. The summed E-state index contributed by atoms with van der Waals surface area (Å²) in [7, 11) is 2.93. The number of carbonyl (C=O) groups is 1. The molecule has 0 aromatic heterocycles. The van der Waals surface area contributed by atoms with Crippen molar-refractivity contribution in [1.82, 2.24) is 10.8 Å². The molecule has 0 aliphatic heterocycles. The van der Waals surface area contributed by atoms with E-state index in [1.54, 1.807) is 19.1 Å². The van der Waals surface area contributed by atoms with Crippen molar-refractivity contribution in [3.63, 3.8) is 0 Å². The maximum atomic E-state index is 13.0. The van der Waals surface area contributed by atoms with E-state index in [-0.39, 0.29) is 12.5 Å². The number of aryl methyl sites for hydroxylation is 1. The Labute approximate surface area is 179 Å². The monoisotopic (exact) mass is 437 g/mol. The highest BCUT2D eigenvalue weighted by atomic mass is 19.4. The summed E-state index contributed by atoms with van der Waals surface area (Å²) < 4.78 is 39.0. The van der Waals surface area contributed by atoms with E-state index in [2.05, 4.69) is 16.0 Å². The number of rotatable bonds is 9. The topological polar surface area (TPSA) is 71.9 Å². The van der Waals surface area contributed by atoms with Crippen LogP contribution in [0.25, 0.3) is 0 Å². The number of hydrogen-bond donors (Lipinski definition) is 2. The number of likely N-dealkylation sites (N-methyl/N-ethyl adjacent to an activating group) is 1. The predicted molar refractivity (Wildman–Crippen MR) is 111 cm³/mol. The molecule has 2 aromatic carbocycles. The van der Waals surface area contributed by atoms with Crippen LogP contribution in [0.1, 0.15) is 47.2 Å². The molecule has 0 saturated heterocycles. The molecule has 1 amide bonds. The molecular weight excluding hydrogens is 411 g/mol. The third-order valence-corrected chi connectivity index (χ3v) is 4.74. The lowest BCUT2D eigenvalue weighted by Crippen LogP contribution is -2.36. The third-order valence-electron chi connectivity index (χ3n) is 4.74. The Bertz CT molecular complexity index is 930. The maximum absolute atomic E-state index is 13.0. The van der Waals surface area contributed by atoms with Crippen molar-refractivity contribution >= 4 is 11.6 Å². The van der Waals surface area contributed by atoms with Crippen LogP contribution >= 0.6 is 0 Å². The number of nitrogens with zero attached hydrogens (tertiary/aromatic N) is 1. The molecule has 0 saturated carbocycles. The molecule has 2 N–H and O–H groups in total. The van der Waals surface area contributed by atoms with Gasteiger partial charge in [-0.25, -0.2) is 0 Å². The Balaban J connectivity index is 2.30. The van der Waals surface area contributed by atoms with Gasteiger partial charge in [-0.2, -0.15) is 18.7 Å². The van der Waals surface area contributed by atoms with E-state index in [0.717, 1.165) is 23.3 Å². The van der Waals surface area contributed by atoms with Crippen LogP contribution in [0.15, 0.2) is 47.6 Å². The second kappa shape index (κ2) is 10.9. The van der Waals surface area contributed by atoms with Crippen LogP contribution in [0, 0.1) is 6.92 Å². The van der Waals surface area contributed by atoms with Gasteiger partial charge in [-0.15, -0.1) is 0 Å². The summed E-state index contributed by atoms with van der Waals surface area (Å²) in [6, 6.07) is 9.64. The molecule has 1 atom stereocenters. The van der Waals surface area contributed by atoms with Crippen LogP contribution in [-0.2, 0) is 27.3 Å². The second-order valence-corrected chi connectivity index (χ2v) is 6.76. The van der Waals surface area contributed by atoms with E-state index >= 15 is 0 Å². The fourth-order valence-electron chi connectivity index (χ4n) is 3.08. The average Bonchev–Trinajstić information content (AvgIpc) is 2.75. The van der Waals surface area contributed by atoms with E-state index in [1.165, 1.54) is 20.2 Å². The van der Waals surface area contributed by atoms with Gasteiger partial charge in [-0.1, -0.05) is 42.4 Å². The lowest BCUT2D eigenvalue weighted by molar-refractivity contribution is -0.137. The van der Waals surface area contributed by atoms with Crippen LogP contribution in [-0.4, -0.2) is 25.8 Å². The number of alkyl halides is 3. The van der Waals surface area contributed by atoms with E-state index in [1.807, 2.05) is 19.1 Å². The van der Waals surface area contributed by atoms with Crippen molar-refractivity contribution in [2.45, 2.75) is 39.1 Å². The molecule has 31 heavy (non-hydrogen) atoms. The van der Waals surface area contributed by atoms with Crippen molar-refractivity contribution < 1.29 is 27.6 Å². The van der Waals surface area contributed by atoms with Crippen molar-refractivity contribution in [3.05, 3.63) is 70.3 Å². The molecule has 6 nitrogen and oxygen atoms in total. The molecular formula is C22H26F3N3O3. The molecule has 0 aliphatic rings. The average molecular weight is 437 g/mol. The van der Waals surface area contributed by atoms with Gasteiger partial charge in [-0.3, -0.25) is 4.79 Å². The van der Waals surface area contributed by atoms with Gasteiger partial charge in [0.05, 0.1) is 18.4 Å². The summed E-state index contributed by atoms with van der Waals surface area (Å²) in [5.74, 6) is -0.296. The third kappa shape index (κ3) is 6.28. The van der Waals surface area contributed by atoms with Crippen LogP contribution < -0.4 is 10.8 Å². The number of benzene rings is 2. The zero-order valence-electron chi connectivity index (χ0n) is 17.8. The quantitative estimate of drug-likeness (QED) is 0.454.